The first-order valence-corrected chi connectivity index (χ1v) is 10.6. The summed E-state index contributed by atoms with van der Waals surface area (Å²) in [6.07, 6.45) is 6.74. The van der Waals surface area contributed by atoms with Gasteiger partial charge in [0.1, 0.15) is 0 Å². The first kappa shape index (κ1) is 20.8. The van der Waals surface area contributed by atoms with Crippen LogP contribution < -0.4 is 0 Å². The Kier molecular flexibility index (Phi) is 8.36. The van der Waals surface area contributed by atoms with Gasteiger partial charge >= 0.3 is 0 Å². The van der Waals surface area contributed by atoms with Crippen molar-refractivity contribution in [2.24, 2.45) is 0 Å². The highest BCUT2D eigenvalue weighted by atomic mass is 35.5. The topological polar surface area (TPSA) is 43.4 Å². The zero-order valence-electron chi connectivity index (χ0n) is 14.1. The SMILES string of the molecule is CCCCC(CCCC)(Cc1ccc(Cl)cc1Cl)OS(C)(=O)=O. The number of hydrogen-bond donors (Lipinski definition) is 0. The Hall–Kier alpha value is -0.290. The molecule has 3 nitrogen and oxygen atoms in total. The minimum atomic E-state index is -3.55. The van der Waals surface area contributed by atoms with Crippen molar-refractivity contribution in [3.8, 4) is 0 Å². The van der Waals surface area contributed by atoms with Crippen LogP contribution in [-0.2, 0) is 20.7 Å². The number of hydrogen-bond acceptors (Lipinski definition) is 3. The number of halogens is 2. The number of benzene rings is 1. The van der Waals surface area contributed by atoms with Crippen molar-refractivity contribution in [2.45, 2.75) is 64.4 Å². The Labute approximate surface area is 150 Å². The van der Waals surface area contributed by atoms with E-state index in [9.17, 15) is 8.42 Å². The first-order valence-electron chi connectivity index (χ1n) is 8.06. The van der Waals surface area contributed by atoms with E-state index in [0.29, 0.717) is 29.3 Å². The molecular formula is C17H26Cl2O3S. The Bertz CT molecular complexity index is 592. The van der Waals surface area contributed by atoms with E-state index < -0.39 is 15.7 Å². The zero-order valence-corrected chi connectivity index (χ0v) is 16.4. The smallest absolute Gasteiger partial charge is 0.263 e. The molecule has 0 unspecified atom stereocenters. The van der Waals surface area contributed by atoms with E-state index >= 15 is 0 Å². The summed E-state index contributed by atoms with van der Waals surface area (Å²) in [5, 5.41) is 1.11. The molecule has 0 heterocycles. The Morgan fingerprint density at radius 2 is 1.65 bits per heavy atom. The summed E-state index contributed by atoms with van der Waals surface area (Å²) in [7, 11) is -3.55. The van der Waals surface area contributed by atoms with Gasteiger partial charge in [-0.25, -0.2) is 0 Å². The molecule has 1 aromatic rings. The lowest BCUT2D eigenvalue weighted by Crippen LogP contribution is -2.37. The minimum Gasteiger partial charge on any atom is -0.263 e. The summed E-state index contributed by atoms with van der Waals surface area (Å²) >= 11 is 12.2. The van der Waals surface area contributed by atoms with Crippen LogP contribution in [-0.4, -0.2) is 20.3 Å². The molecule has 23 heavy (non-hydrogen) atoms. The minimum absolute atomic E-state index is 0.468. The molecule has 0 aromatic heterocycles. The maximum atomic E-state index is 11.8. The van der Waals surface area contributed by atoms with Gasteiger partial charge in [-0.05, 0) is 30.5 Å². The molecule has 0 bridgehead atoms. The lowest BCUT2D eigenvalue weighted by atomic mass is 9.85. The van der Waals surface area contributed by atoms with E-state index in [1.807, 2.05) is 6.07 Å². The third-order valence-corrected chi connectivity index (χ3v) is 5.07. The fourth-order valence-corrected chi connectivity index (χ4v) is 4.09. The predicted molar refractivity (Wildman–Crippen MR) is 97.9 cm³/mol. The fourth-order valence-electron chi connectivity index (χ4n) is 2.75. The van der Waals surface area contributed by atoms with Crippen LogP contribution in [0.1, 0.15) is 57.9 Å². The third kappa shape index (κ3) is 7.42. The van der Waals surface area contributed by atoms with Gasteiger partial charge in [0, 0.05) is 16.5 Å². The van der Waals surface area contributed by atoms with Gasteiger partial charge in [0.05, 0.1) is 11.9 Å². The van der Waals surface area contributed by atoms with Gasteiger partial charge in [-0.2, -0.15) is 8.42 Å². The van der Waals surface area contributed by atoms with Crippen molar-refractivity contribution in [2.75, 3.05) is 6.26 Å². The molecule has 0 spiro atoms. The second kappa shape index (κ2) is 9.26. The predicted octanol–water partition coefficient (Wildman–Crippen LogP) is 5.63. The van der Waals surface area contributed by atoms with Crippen LogP contribution >= 0.6 is 23.2 Å². The van der Waals surface area contributed by atoms with Crippen molar-refractivity contribution in [1.29, 1.82) is 0 Å². The summed E-state index contributed by atoms with van der Waals surface area (Å²) in [6, 6.07) is 5.31. The molecule has 0 amide bonds. The Balaban J connectivity index is 3.16. The molecule has 0 radical (unpaired) electrons. The monoisotopic (exact) mass is 380 g/mol. The van der Waals surface area contributed by atoms with Gasteiger partial charge in [-0.1, -0.05) is 68.8 Å². The molecule has 0 N–H and O–H groups in total. The quantitative estimate of drug-likeness (QED) is 0.493. The summed E-state index contributed by atoms with van der Waals surface area (Å²) in [5.74, 6) is 0. The van der Waals surface area contributed by atoms with Crippen molar-refractivity contribution < 1.29 is 12.6 Å². The summed E-state index contributed by atoms with van der Waals surface area (Å²) in [4.78, 5) is 0. The van der Waals surface area contributed by atoms with Gasteiger partial charge in [-0.15, -0.1) is 0 Å². The van der Waals surface area contributed by atoms with Gasteiger partial charge in [-0.3, -0.25) is 4.18 Å². The van der Waals surface area contributed by atoms with Crippen molar-refractivity contribution >= 4 is 33.3 Å². The Morgan fingerprint density at radius 1 is 1.09 bits per heavy atom. The molecule has 0 saturated heterocycles. The highest BCUT2D eigenvalue weighted by Gasteiger charge is 2.35. The number of unbranched alkanes of at least 4 members (excludes halogenated alkanes) is 2. The largest absolute Gasteiger partial charge is 0.264 e. The second-order valence-electron chi connectivity index (χ2n) is 6.09. The second-order valence-corrected chi connectivity index (χ2v) is 8.51. The summed E-state index contributed by atoms with van der Waals surface area (Å²) in [6.45, 7) is 4.17. The van der Waals surface area contributed by atoms with Crippen LogP contribution in [0, 0.1) is 0 Å². The summed E-state index contributed by atoms with van der Waals surface area (Å²) in [5.41, 5.74) is 0.129. The maximum Gasteiger partial charge on any atom is 0.264 e. The van der Waals surface area contributed by atoms with Crippen LogP contribution in [0.15, 0.2) is 18.2 Å². The van der Waals surface area contributed by atoms with Gasteiger partial charge < -0.3 is 0 Å². The highest BCUT2D eigenvalue weighted by Crippen LogP contribution is 2.34. The van der Waals surface area contributed by atoms with E-state index in [1.165, 1.54) is 0 Å². The molecule has 0 atom stereocenters. The molecule has 0 aliphatic carbocycles. The van der Waals surface area contributed by atoms with Gasteiger partial charge in [0.2, 0.25) is 0 Å². The lowest BCUT2D eigenvalue weighted by Gasteiger charge is -2.33. The normalized spacial score (nSPS) is 12.6. The molecule has 1 aromatic carbocycles. The van der Waals surface area contributed by atoms with Crippen LogP contribution in [0.25, 0.3) is 0 Å². The zero-order chi connectivity index (χ0) is 17.5. The van der Waals surface area contributed by atoms with E-state index in [1.54, 1.807) is 12.1 Å². The summed E-state index contributed by atoms with van der Waals surface area (Å²) < 4.78 is 29.3. The van der Waals surface area contributed by atoms with E-state index in [4.69, 9.17) is 27.4 Å². The molecule has 0 aliphatic heterocycles. The van der Waals surface area contributed by atoms with E-state index in [2.05, 4.69) is 13.8 Å². The van der Waals surface area contributed by atoms with Crippen molar-refractivity contribution in [3.63, 3.8) is 0 Å². The lowest BCUT2D eigenvalue weighted by molar-refractivity contribution is 0.0541. The van der Waals surface area contributed by atoms with Crippen LogP contribution in [0.5, 0.6) is 0 Å². The highest BCUT2D eigenvalue weighted by molar-refractivity contribution is 7.86. The van der Waals surface area contributed by atoms with Crippen LogP contribution in [0.2, 0.25) is 10.0 Å². The van der Waals surface area contributed by atoms with Crippen LogP contribution in [0.4, 0.5) is 0 Å². The third-order valence-electron chi connectivity index (χ3n) is 3.83. The molecule has 6 heteroatoms. The fraction of sp³-hybridized carbons (Fsp3) is 0.647. The molecule has 0 fully saturated rings. The van der Waals surface area contributed by atoms with Gasteiger partial charge in [0.25, 0.3) is 10.1 Å². The average molecular weight is 381 g/mol. The van der Waals surface area contributed by atoms with Gasteiger partial charge in [0.15, 0.2) is 0 Å². The standard InChI is InChI=1S/C17H26Cl2O3S/c1-4-6-10-17(11-7-5-2,22-23(3,20)21)13-14-8-9-15(18)12-16(14)19/h8-9,12H,4-7,10-11,13H2,1-3H3. The van der Waals surface area contributed by atoms with E-state index in [-0.39, 0.29) is 0 Å². The molecule has 0 aliphatic rings. The van der Waals surface area contributed by atoms with Crippen molar-refractivity contribution in [1.82, 2.24) is 0 Å². The maximum absolute atomic E-state index is 11.8. The van der Waals surface area contributed by atoms with E-state index in [0.717, 1.165) is 37.5 Å². The van der Waals surface area contributed by atoms with Crippen molar-refractivity contribution in [3.05, 3.63) is 33.8 Å². The average Bonchev–Trinajstić information content (AvgIpc) is 2.44. The number of rotatable bonds is 10. The molecule has 0 saturated carbocycles. The van der Waals surface area contributed by atoms with Crippen LogP contribution in [0.3, 0.4) is 0 Å². The first-order chi connectivity index (χ1) is 10.7. The molecule has 1 rings (SSSR count). The molecule has 132 valence electrons. The molecular weight excluding hydrogens is 355 g/mol. The Morgan fingerprint density at radius 3 is 2.09 bits per heavy atom.